The first-order valence-corrected chi connectivity index (χ1v) is 6.68. The molecule has 0 aromatic heterocycles. The monoisotopic (exact) mass is 262 g/mol. The Balaban J connectivity index is 2.10. The lowest BCUT2D eigenvalue weighted by atomic mass is 9.86. The molecule has 0 aliphatic carbocycles. The molecule has 1 aromatic rings. The molecule has 104 valence electrons. The number of aliphatic hydroxyl groups excluding tert-OH is 1. The predicted octanol–water partition coefficient (Wildman–Crippen LogP) is 2.04. The standard InChI is InChI=1S/C15H22N2O2/c1-15(2,3)12-6-4-11(5-7-12)13-10-17(8-9-18)14(19)16-13/h4-7,13,18H,8-10H2,1-3H3,(H,16,19). The molecule has 1 aliphatic heterocycles. The van der Waals surface area contributed by atoms with Gasteiger partial charge in [-0.3, -0.25) is 0 Å². The van der Waals surface area contributed by atoms with Gasteiger partial charge in [0.25, 0.3) is 0 Å². The molecule has 1 aromatic carbocycles. The minimum Gasteiger partial charge on any atom is -0.395 e. The van der Waals surface area contributed by atoms with Crippen molar-refractivity contribution >= 4 is 6.03 Å². The van der Waals surface area contributed by atoms with Crippen molar-refractivity contribution in [2.24, 2.45) is 0 Å². The fourth-order valence-electron chi connectivity index (χ4n) is 2.31. The number of urea groups is 1. The van der Waals surface area contributed by atoms with E-state index in [0.29, 0.717) is 13.1 Å². The van der Waals surface area contributed by atoms with Crippen LogP contribution in [0.1, 0.15) is 37.9 Å². The Labute approximate surface area is 114 Å². The van der Waals surface area contributed by atoms with Gasteiger partial charge in [0.1, 0.15) is 0 Å². The van der Waals surface area contributed by atoms with E-state index in [1.165, 1.54) is 5.56 Å². The zero-order valence-corrected chi connectivity index (χ0v) is 11.8. The predicted molar refractivity (Wildman–Crippen MR) is 75.1 cm³/mol. The van der Waals surface area contributed by atoms with Crippen molar-refractivity contribution in [3.8, 4) is 0 Å². The first kappa shape index (κ1) is 13.9. The molecule has 2 amide bonds. The number of nitrogens with zero attached hydrogens (tertiary/aromatic N) is 1. The maximum absolute atomic E-state index is 11.7. The first-order valence-electron chi connectivity index (χ1n) is 6.68. The molecule has 4 heteroatoms. The van der Waals surface area contributed by atoms with Crippen molar-refractivity contribution < 1.29 is 9.90 Å². The average Bonchev–Trinajstić information content (AvgIpc) is 2.71. The molecular weight excluding hydrogens is 240 g/mol. The van der Waals surface area contributed by atoms with Gasteiger partial charge in [-0.1, -0.05) is 45.0 Å². The van der Waals surface area contributed by atoms with Crippen LogP contribution in [0.2, 0.25) is 0 Å². The van der Waals surface area contributed by atoms with Gasteiger partial charge in [0.2, 0.25) is 0 Å². The van der Waals surface area contributed by atoms with E-state index in [1.54, 1.807) is 4.90 Å². The van der Waals surface area contributed by atoms with Crippen LogP contribution in [0.25, 0.3) is 0 Å². The van der Waals surface area contributed by atoms with E-state index in [2.05, 4.69) is 50.4 Å². The van der Waals surface area contributed by atoms with Gasteiger partial charge >= 0.3 is 6.03 Å². The molecule has 1 unspecified atom stereocenters. The van der Waals surface area contributed by atoms with Crippen LogP contribution in [0.15, 0.2) is 24.3 Å². The highest BCUT2D eigenvalue weighted by Gasteiger charge is 2.29. The zero-order valence-electron chi connectivity index (χ0n) is 11.8. The van der Waals surface area contributed by atoms with E-state index in [1.807, 2.05) is 0 Å². The Morgan fingerprint density at radius 3 is 2.47 bits per heavy atom. The second-order valence-electron chi connectivity index (χ2n) is 6.04. The Hall–Kier alpha value is -1.55. The third kappa shape index (κ3) is 3.07. The topological polar surface area (TPSA) is 52.6 Å². The molecule has 2 N–H and O–H groups in total. The fraction of sp³-hybridized carbons (Fsp3) is 0.533. The summed E-state index contributed by atoms with van der Waals surface area (Å²) in [4.78, 5) is 13.3. The summed E-state index contributed by atoms with van der Waals surface area (Å²) >= 11 is 0. The number of rotatable bonds is 3. The third-order valence-electron chi connectivity index (χ3n) is 3.54. The number of amides is 2. The van der Waals surface area contributed by atoms with Crippen molar-refractivity contribution in [1.82, 2.24) is 10.2 Å². The Kier molecular flexibility index (Phi) is 3.80. The van der Waals surface area contributed by atoms with E-state index in [0.717, 1.165) is 5.56 Å². The van der Waals surface area contributed by atoms with Crippen molar-refractivity contribution in [3.05, 3.63) is 35.4 Å². The van der Waals surface area contributed by atoms with Gasteiger partial charge in [-0.15, -0.1) is 0 Å². The smallest absolute Gasteiger partial charge is 0.318 e. The number of β-amino-alcohol motifs (C(OH)–C–C–N with tert-alkyl or cyclic N) is 1. The lowest BCUT2D eigenvalue weighted by Crippen LogP contribution is -2.30. The Morgan fingerprint density at radius 2 is 1.95 bits per heavy atom. The molecule has 0 radical (unpaired) electrons. The van der Waals surface area contributed by atoms with Crippen LogP contribution in [0.3, 0.4) is 0 Å². The molecule has 1 heterocycles. The molecule has 1 aliphatic rings. The van der Waals surface area contributed by atoms with Crippen LogP contribution in [0.4, 0.5) is 4.79 Å². The van der Waals surface area contributed by atoms with Gasteiger partial charge < -0.3 is 15.3 Å². The molecule has 1 fully saturated rings. The summed E-state index contributed by atoms with van der Waals surface area (Å²) in [6.45, 7) is 7.56. The van der Waals surface area contributed by atoms with Gasteiger partial charge in [0.15, 0.2) is 0 Å². The molecule has 1 saturated heterocycles. The molecule has 0 spiro atoms. The lowest BCUT2D eigenvalue weighted by Gasteiger charge is -2.20. The number of aliphatic hydroxyl groups is 1. The molecule has 1 atom stereocenters. The minimum atomic E-state index is -0.0982. The van der Waals surface area contributed by atoms with E-state index in [4.69, 9.17) is 5.11 Å². The van der Waals surface area contributed by atoms with Crippen LogP contribution >= 0.6 is 0 Å². The van der Waals surface area contributed by atoms with Gasteiger partial charge in [-0.2, -0.15) is 0 Å². The third-order valence-corrected chi connectivity index (χ3v) is 3.54. The largest absolute Gasteiger partial charge is 0.395 e. The van der Waals surface area contributed by atoms with E-state index in [9.17, 15) is 4.79 Å². The van der Waals surface area contributed by atoms with Crippen LogP contribution in [-0.2, 0) is 5.41 Å². The van der Waals surface area contributed by atoms with Gasteiger partial charge in [0, 0.05) is 13.1 Å². The first-order chi connectivity index (χ1) is 8.91. The Morgan fingerprint density at radius 1 is 1.32 bits per heavy atom. The van der Waals surface area contributed by atoms with E-state index < -0.39 is 0 Å². The molecule has 2 rings (SSSR count). The lowest BCUT2D eigenvalue weighted by molar-refractivity contribution is 0.196. The number of benzene rings is 1. The highest BCUT2D eigenvalue weighted by atomic mass is 16.3. The SMILES string of the molecule is CC(C)(C)c1ccc(C2CN(CCO)C(=O)N2)cc1. The van der Waals surface area contributed by atoms with Gasteiger partial charge in [-0.25, -0.2) is 4.79 Å². The molecular formula is C15H22N2O2. The second kappa shape index (κ2) is 5.21. The summed E-state index contributed by atoms with van der Waals surface area (Å²) in [5.74, 6) is 0. The van der Waals surface area contributed by atoms with E-state index >= 15 is 0 Å². The second-order valence-corrected chi connectivity index (χ2v) is 6.04. The van der Waals surface area contributed by atoms with Crippen LogP contribution in [-0.4, -0.2) is 35.7 Å². The van der Waals surface area contributed by atoms with Crippen molar-refractivity contribution in [2.75, 3.05) is 19.7 Å². The Bertz CT molecular complexity index is 448. The molecule has 0 bridgehead atoms. The molecule has 0 saturated carbocycles. The van der Waals surface area contributed by atoms with Crippen LogP contribution < -0.4 is 5.32 Å². The highest BCUT2D eigenvalue weighted by molar-refractivity contribution is 5.77. The average molecular weight is 262 g/mol. The maximum atomic E-state index is 11.7. The summed E-state index contributed by atoms with van der Waals surface area (Å²) in [6.07, 6.45) is 0. The fourth-order valence-corrected chi connectivity index (χ4v) is 2.31. The zero-order chi connectivity index (χ0) is 14.0. The summed E-state index contributed by atoms with van der Waals surface area (Å²) in [6, 6.07) is 8.32. The van der Waals surface area contributed by atoms with Gasteiger partial charge in [-0.05, 0) is 16.5 Å². The number of carbonyl (C=O) groups excluding carboxylic acids is 1. The van der Waals surface area contributed by atoms with Crippen molar-refractivity contribution in [1.29, 1.82) is 0 Å². The van der Waals surface area contributed by atoms with Crippen molar-refractivity contribution in [2.45, 2.75) is 32.2 Å². The normalized spacial score (nSPS) is 19.7. The number of hydrogen-bond donors (Lipinski definition) is 2. The highest BCUT2D eigenvalue weighted by Crippen LogP contribution is 2.25. The number of hydrogen-bond acceptors (Lipinski definition) is 2. The number of carbonyl (C=O) groups is 1. The van der Waals surface area contributed by atoms with Crippen molar-refractivity contribution in [3.63, 3.8) is 0 Å². The quantitative estimate of drug-likeness (QED) is 0.876. The molecule has 19 heavy (non-hydrogen) atoms. The van der Waals surface area contributed by atoms with Crippen LogP contribution in [0.5, 0.6) is 0 Å². The summed E-state index contributed by atoms with van der Waals surface area (Å²) in [7, 11) is 0. The van der Waals surface area contributed by atoms with Gasteiger partial charge in [0.05, 0.1) is 12.6 Å². The molecule has 4 nitrogen and oxygen atoms in total. The summed E-state index contributed by atoms with van der Waals surface area (Å²) in [5, 5.41) is 11.8. The van der Waals surface area contributed by atoms with E-state index in [-0.39, 0.29) is 24.1 Å². The summed E-state index contributed by atoms with van der Waals surface area (Å²) in [5.41, 5.74) is 2.54. The minimum absolute atomic E-state index is 0.00308. The summed E-state index contributed by atoms with van der Waals surface area (Å²) < 4.78 is 0. The maximum Gasteiger partial charge on any atom is 0.318 e. The van der Waals surface area contributed by atoms with Crippen LogP contribution in [0, 0.1) is 0 Å². The number of nitrogens with one attached hydrogen (secondary N) is 1.